The molecule has 0 saturated heterocycles. The minimum Gasteiger partial charge on any atom is -0.497 e. The van der Waals surface area contributed by atoms with Crippen LogP contribution < -0.4 is 4.74 Å². The molecule has 23 heavy (non-hydrogen) atoms. The van der Waals surface area contributed by atoms with Crippen molar-refractivity contribution in [2.24, 2.45) is 0 Å². The predicted octanol–water partition coefficient (Wildman–Crippen LogP) is 2.82. The van der Waals surface area contributed by atoms with Crippen LogP contribution in [-0.2, 0) is 6.42 Å². The fraction of sp³-hybridized carbons (Fsp3) is 0.118. The number of carbonyl (C=O) groups is 1. The van der Waals surface area contributed by atoms with E-state index in [4.69, 9.17) is 4.74 Å². The maximum Gasteiger partial charge on any atom is 0.172 e. The lowest BCUT2D eigenvalue weighted by Crippen LogP contribution is -2.04. The lowest BCUT2D eigenvalue weighted by Gasteiger charge is -2.08. The normalized spacial score (nSPS) is 10.5. The highest BCUT2D eigenvalue weighted by molar-refractivity contribution is 5.73. The molecule has 0 N–H and O–H groups in total. The number of nitrogens with zero attached hydrogens (tertiary/aromatic N) is 3. The maximum absolute atomic E-state index is 13.0. The van der Waals surface area contributed by atoms with Crippen molar-refractivity contribution in [1.82, 2.24) is 15.0 Å². The van der Waals surface area contributed by atoms with Gasteiger partial charge in [0.05, 0.1) is 18.5 Å². The number of halogens is 1. The Morgan fingerprint density at radius 3 is 2.43 bits per heavy atom. The lowest BCUT2D eigenvalue weighted by molar-refractivity contribution is 0.111. The Labute approximate surface area is 132 Å². The highest BCUT2D eigenvalue weighted by Crippen LogP contribution is 2.19. The molecule has 0 bridgehead atoms. The first-order chi connectivity index (χ1) is 11.2. The summed E-state index contributed by atoms with van der Waals surface area (Å²) < 4.78 is 19.8. The molecular formula is C17H14FN3O2. The van der Waals surface area contributed by atoms with E-state index < -0.39 is 0 Å². The van der Waals surface area contributed by atoms with E-state index in [1.54, 1.807) is 36.1 Å². The van der Waals surface area contributed by atoms with Crippen LogP contribution in [0.4, 0.5) is 4.39 Å². The first kappa shape index (κ1) is 14.9. The van der Waals surface area contributed by atoms with E-state index in [2.05, 4.69) is 10.3 Å². The first-order valence-electron chi connectivity index (χ1n) is 7.00. The fourth-order valence-corrected chi connectivity index (χ4v) is 2.30. The third-order valence-electron chi connectivity index (χ3n) is 3.51. The molecule has 6 heteroatoms. The molecule has 0 aliphatic carbocycles. The van der Waals surface area contributed by atoms with Gasteiger partial charge in [-0.2, -0.15) is 0 Å². The van der Waals surface area contributed by atoms with Crippen LogP contribution in [0.5, 0.6) is 5.75 Å². The quantitative estimate of drug-likeness (QED) is 0.680. The second-order valence-electron chi connectivity index (χ2n) is 4.95. The average Bonchev–Trinajstić information content (AvgIpc) is 2.99. The molecule has 0 radical (unpaired) electrons. The number of carbonyl (C=O) groups excluding carboxylic acids is 1. The molecule has 0 fully saturated rings. The Kier molecular flexibility index (Phi) is 4.14. The number of benzene rings is 2. The molecule has 2 aromatic carbocycles. The largest absolute Gasteiger partial charge is 0.497 e. The molecule has 5 nitrogen and oxygen atoms in total. The molecular weight excluding hydrogens is 297 g/mol. The Hall–Kier alpha value is -3.02. The van der Waals surface area contributed by atoms with Gasteiger partial charge in [0.1, 0.15) is 17.3 Å². The number of aromatic nitrogens is 3. The van der Waals surface area contributed by atoms with Gasteiger partial charge in [-0.1, -0.05) is 17.3 Å². The van der Waals surface area contributed by atoms with Crippen molar-refractivity contribution in [3.63, 3.8) is 0 Å². The summed E-state index contributed by atoms with van der Waals surface area (Å²) >= 11 is 0. The van der Waals surface area contributed by atoms with Crippen LogP contribution in [-0.4, -0.2) is 28.4 Å². The summed E-state index contributed by atoms with van der Waals surface area (Å²) in [6.07, 6.45) is 1.10. The Balaban J connectivity index is 1.99. The standard InChI is InChI=1S/C17H14FN3O2/c1-23-15-8-6-14(7-9-15)21-17(16(11-22)19-20-21)10-12-2-4-13(18)5-3-12/h2-9,11H,10H2,1H3. The molecule has 3 rings (SSSR count). The Morgan fingerprint density at radius 2 is 1.83 bits per heavy atom. The molecule has 0 spiro atoms. The van der Waals surface area contributed by atoms with Crippen LogP contribution in [0, 0.1) is 5.82 Å². The monoisotopic (exact) mass is 311 g/mol. The summed E-state index contributed by atoms with van der Waals surface area (Å²) in [6, 6.07) is 13.4. The van der Waals surface area contributed by atoms with E-state index in [-0.39, 0.29) is 11.5 Å². The van der Waals surface area contributed by atoms with Gasteiger partial charge >= 0.3 is 0 Å². The van der Waals surface area contributed by atoms with Gasteiger partial charge in [0, 0.05) is 6.42 Å². The summed E-state index contributed by atoms with van der Waals surface area (Å²) in [5, 5.41) is 7.95. The van der Waals surface area contributed by atoms with Gasteiger partial charge in [0.25, 0.3) is 0 Å². The van der Waals surface area contributed by atoms with Crippen molar-refractivity contribution in [2.75, 3.05) is 7.11 Å². The van der Waals surface area contributed by atoms with Crippen molar-refractivity contribution < 1.29 is 13.9 Å². The van der Waals surface area contributed by atoms with E-state index in [1.807, 2.05) is 12.1 Å². The Bertz CT molecular complexity index is 811. The Morgan fingerprint density at radius 1 is 1.13 bits per heavy atom. The first-order valence-corrected chi connectivity index (χ1v) is 7.00. The highest BCUT2D eigenvalue weighted by atomic mass is 19.1. The van der Waals surface area contributed by atoms with E-state index in [9.17, 15) is 9.18 Å². The van der Waals surface area contributed by atoms with Crippen molar-refractivity contribution in [3.8, 4) is 11.4 Å². The van der Waals surface area contributed by atoms with E-state index in [0.29, 0.717) is 18.4 Å². The fourth-order valence-electron chi connectivity index (χ4n) is 2.30. The van der Waals surface area contributed by atoms with Crippen molar-refractivity contribution in [1.29, 1.82) is 0 Å². The zero-order valence-electron chi connectivity index (χ0n) is 12.4. The predicted molar refractivity (Wildman–Crippen MR) is 82.5 cm³/mol. The average molecular weight is 311 g/mol. The van der Waals surface area contributed by atoms with Gasteiger partial charge < -0.3 is 4.74 Å². The van der Waals surface area contributed by atoms with Crippen molar-refractivity contribution >= 4 is 6.29 Å². The highest BCUT2D eigenvalue weighted by Gasteiger charge is 2.14. The summed E-state index contributed by atoms with van der Waals surface area (Å²) in [5.41, 5.74) is 2.55. The lowest BCUT2D eigenvalue weighted by atomic mass is 10.1. The summed E-state index contributed by atoms with van der Waals surface area (Å²) in [5.74, 6) is 0.427. The van der Waals surface area contributed by atoms with Crippen LogP contribution in [0.15, 0.2) is 48.5 Å². The third-order valence-corrected chi connectivity index (χ3v) is 3.51. The molecule has 0 amide bonds. The van der Waals surface area contributed by atoms with E-state index in [0.717, 1.165) is 17.0 Å². The summed E-state index contributed by atoms with van der Waals surface area (Å²) in [6.45, 7) is 0. The van der Waals surface area contributed by atoms with Crippen LogP contribution in [0.2, 0.25) is 0 Å². The van der Waals surface area contributed by atoms with Crippen LogP contribution in [0.3, 0.4) is 0 Å². The van der Waals surface area contributed by atoms with Gasteiger partial charge in [-0.05, 0) is 42.0 Å². The number of hydrogen-bond acceptors (Lipinski definition) is 4. The zero-order valence-corrected chi connectivity index (χ0v) is 12.4. The molecule has 0 aliphatic heterocycles. The maximum atomic E-state index is 13.0. The van der Waals surface area contributed by atoms with E-state index in [1.165, 1.54) is 12.1 Å². The molecule has 1 aromatic heterocycles. The molecule has 1 heterocycles. The number of hydrogen-bond donors (Lipinski definition) is 0. The van der Waals surface area contributed by atoms with E-state index >= 15 is 0 Å². The molecule has 116 valence electrons. The third kappa shape index (κ3) is 3.11. The van der Waals surface area contributed by atoms with Crippen LogP contribution in [0.1, 0.15) is 21.7 Å². The SMILES string of the molecule is COc1ccc(-n2nnc(C=O)c2Cc2ccc(F)cc2)cc1. The molecule has 3 aromatic rings. The van der Waals surface area contributed by atoms with Gasteiger partial charge in [-0.25, -0.2) is 9.07 Å². The van der Waals surface area contributed by atoms with Crippen LogP contribution >= 0.6 is 0 Å². The second kappa shape index (κ2) is 6.39. The topological polar surface area (TPSA) is 57.0 Å². The second-order valence-corrected chi connectivity index (χ2v) is 4.95. The molecule has 0 saturated carbocycles. The van der Waals surface area contributed by atoms with Gasteiger partial charge in [0.2, 0.25) is 0 Å². The number of rotatable bonds is 5. The van der Waals surface area contributed by atoms with Crippen LogP contribution in [0.25, 0.3) is 5.69 Å². The number of ether oxygens (including phenoxy) is 1. The van der Waals surface area contributed by atoms with Crippen molar-refractivity contribution in [3.05, 3.63) is 71.3 Å². The van der Waals surface area contributed by atoms with Gasteiger partial charge in [-0.3, -0.25) is 4.79 Å². The minimum atomic E-state index is -0.300. The molecule has 0 aliphatic rings. The molecule has 0 unspecified atom stereocenters. The molecule has 0 atom stereocenters. The summed E-state index contributed by atoms with van der Waals surface area (Å²) in [4.78, 5) is 11.2. The number of aldehydes is 1. The zero-order chi connectivity index (χ0) is 16.2. The summed E-state index contributed by atoms with van der Waals surface area (Å²) in [7, 11) is 1.59. The van der Waals surface area contributed by atoms with Crippen molar-refractivity contribution in [2.45, 2.75) is 6.42 Å². The smallest absolute Gasteiger partial charge is 0.172 e. The number of methoxy groups -OCH3 is 1. The van der Waals surface area contributed by atoms with Gasteiger partial charge in [0.15, 0.2) is 6.29 Å². The minimum absolute atomic E-state index is 0.269. The van der Waals surface area contributed by atoms with Gasteiger partial charge in [-0.15, -0.1) is 5.10 Å².